The first kappa shape index (κ1) is 16.5. The van der Waals surface area contributed by atoms with Crippen LogP contribution in [0.2, 0.25) is 0 Å². The molecule has 2 amide bonds. The number of aliphatic carboxylic acids is 1. The number of amides is 2. The van der Waals surface area contributed by atoms with Gasteiger partial charge < -0.3 is 15.7 Å². The SMILES string of the molecule is CC(C)CC(CNC(=O)NCCC1=CCCC1)C(=O)O. The van der Waals surface area contributed by atoms with Crippen molar-refractivity contribution in [1.82, 2.24) is 10.6 Å². The first-order valence-electron chi connectivity index (χ1n) is 7.41. The second kappa shape index (κ2) is 8.61. The molecule has 1 unspecified atom stereocenters. The molecule has 0 aromatic heterocycles. The Bertz CT molecular complexity index is 364. The molecule has 0 radical (unpaired) electrons. The number of allylic oxidation sites excluding steroid dienone is 1. The van der Waals surface area contributed by atoms with E-state index in [1.54, 1.807) is 0 Å². The molecule has 0 saturated heterocycles. The van der Waals surface area contributed by atoms with Gasteiger partial charge in [-0.2, -0.15) is 0 Å². The summed E-state index contributed by atoms with van der Waals surface area (Å²) in [6.07, 6.45) is 7.21. The molecule has 0 aromatic carbocycles. The molecule has 0 fully saturated rings. The number of hydrogen-bond donors (Lipinski definition) is 3. The topological polar surface area (TPSA) is 78.4 Å². The zero-order valence-corrected chi connectivity index (χ0v) is 12.4. The highest BCUT2D eigenvalue weighted by atomic mass is 16.4. The Morgan fingerprint density at radius 2 is 2.10 bits per heavy atom. The van der Waals surface area contributed by atoms with Crippen LogP contribution in [0.25, 0.3) is 0 Å². The minimum Gasteiger partial charge on any atom is -0.481 e. The van der Waals surface area contributed by atoms with Crippen molar-refractivity contribution in [3.63, 3.8) is 0 Å². The summed E-state index contributed by atoms with van der Waals surface area (Å²) in [6.45, 7) is 4.75. The van der Waals surface area contributed by atoms with Crippen molar-refractivity contribution < 1.29 is 14.7 Å². The summed E-state index contributed by atoms with van der Waals surface area (Å²) in [6, 6.07) is -0.279. The van der Waals surface area contributed by atoms with Crippen molar-refractivity contribution >= 4 is 12.0 Å². The zero-order chi connectivity index (χ0) is 15.0. The fourth-order valence-corrected chi connectivity index (χ4v) is 2.42. The van der Waals surface area contributed by atoms with E-state index in [1.807, 2.05) is 13.8 Å². The van der Waals surface area contributed by atoms with Crippen LogP contribution in [0.3, 0.4) is 0 Å². The van der Waals surface area contributed by atoms with Gasteiger partial charge in [0.25, 0.3) is 0 Å². The number of carbonyl (C=O) groups excluding carboxylic acids is 1. The summed E-state index contributed by atoms with van der Waals surface area (Å²) in [7, 11) is 0. The van der Waals surface area contributed by atoms with Gasteiger partial charge in [-0.05, 0) is 38.0 Å². The van der Waals surface area contributed by atoms with Crippen molar-refractivity contribution in [1.29, 1.82) is 0 Å². The van der Waals surface area contributed by atoms with Gasteiger partial charge in [0, 0.05) is 13.1 Å². The number of carboxylic acid groups (broad SMARTS) is 1. The molecule has 0 heterocycles. The highest BCUT2D eigenvalue weighted by Crippen LogP contribution is 2.19. The highest BCUT2D eigenvalue weighted by molar-refractivity contribution is 5.75. The van der Waals surface area contributed by atoms with Crippen molar-refractivity contribution in [2.75, 3.05) is 13.1 Å². The van der Waals surface area contributed by atoms with Gasteiger partial charge in [-0.25, -0.2) is 4.79 Å². The lowest BCUT2D eigenvalue weighted by molar-refractivity contribution is -0.142. The van der Waals surface area contributed by atoms with E-state index in [4.69, 9.17) is 5.11 Å². The largest absolute Gasteiger partial charge is 0.481 e. The minimum absolute atomic E-state index is 0.183. The third kappa shape index (κ3) is 6.59. The molecule has 3 N–H and O–H groups in total. The van der Waals surface area contributed by atoms with Crippen molar-refractivity contribution in [2.24, 2.45) is 11.8 Å². The van der Waals surface area contributed by atoms with Gasteiger partial charge in [-0.1, -0.05) is 25.5 Å². The molecule has 114 valence electrons. The smallest absolute Gasteiger partial charge is 0.314 e. The van der Waals surface area contributed by atoms with E-state index in [2.05, 4.69) is 16.7 Å². The summed E-state index contributed by atoms with van der Waals surface area (Å²) in [5.74, 6) is -1.07. The number of hydrogen-bond acceptors (Lipinski definition) is 2. The Kier molecular flexibility index (Phi) is 7.12. The molecule has 0 bridgehead atoms. The van der Waals surface area contributed by atoms with E-state index in [0.29, 0.717) is 18.9 Å². The second-order valence-electron chi connectivity index (χ2n) is 5.81. The Morgan fingerprint density at radius 3 is 2.65 bits per heavy atom. The molecular weight excluding hydrogens is 256 g/mol. The van der Waals surface area contributed by atoms with Crippen LogP contribution in [0.5, 0.6) is 0 Å². The van der Waals surface area contributed by atoms with Crippen molar-refractivity contribution in [2.45, 2.75) is 46.0 Å². The summed E-state index contributed by atoms with van der Waals surface area (Å²) in [4.78, 5) is 22.7. The normalized spacial score (nSPS) is 15.8. The van der Waals surface area contributed by atoms with E-state index in [-0.39, 0.29) is 12.6 Å². The Hall–Kier alpha value is -1.52. The van der Waals surface area contributed by atoms with Crippen LogP contribution in [-0.4, -0.2) is 30.2 Å². The number of carboxylic acids is 1. The molecule has 1 atom stereocenters. The number of urea groups is 1. The Morgan fingerprint density at radius 1 is 1.35 bits per heavy atom. The summed E-state index contributed by atoms with van der Waals surface area (Å²) in [5, 5.41) is 14.5. The molecule has 20 heavy (non-hydrogen) atoms. The molecule has 5 heteroatoms. The third-order valence-electron chi connectivity index (χ3n) is 3.48. The lowest BCUT2D eigenvalue weighted by atomic mass is 9.97. The molecule has 0 aromatic rings. The summed E-state index contributed by atoms with van der Waals surface area (Å²) in [5.41, 5.74) is 1.41. The van der Waals surface area contributed by atoms with E-state index in [1.165, 1.54) is 12.0 Å². The van der Waals surface area contributed by atoms with E-state index in [9.17, 15) is 9.59 Å². The lowest BCUT2D eigenvalue weighted by Crippen LogP contribution is -2.40. The van der Waals surface area contributed by atoms with Crippen molar-refractivity contribution in [3.05, 3.63) is 11.6 Å². The van der Waals surface area contributed by atoms with Crippen LogP contribution >= 0.6 is 0 Å². The Balaban J connectivity index is 2.18. The van der Waals surface area contributed by atoms with Gasteiger partial charge in [0.2, 0.25) is 0 Å². The van der Waals surface area contributed by atoms with Gasteiger partial charge in [-0.3, -0.25) is 4.79 Å². The van der Waals surface area contributed by atoms with Crippen LogP contribution in [0, 0.1) is 11.8 Å². The number of nitrogens with one attached hydrogen (secondary N) is 2. The highest BCUT2D eigenvalue weighted by Gasteiger charge is 2.19. The second-order valence-corrected chi connectivity index (χ2v) is 5.81. The van der Waals surface area contributed by atoms with Crippen LogP contribution in [0.15, 0.2) is 11.6 Å². The molecular formula is C15H26N2O3. The molecule has 1 aliphatic carbocycles. The van der Waals surface area contributed by atoms with Crippen LogP contribution in [0.1, 0.15) is 46.0 Å². The summed E-state index contributed by atoms with van der Waals surface area (Å²) < 4.78 is 0. The van der Waals surface area contributed by atoms with Crippen LogP contribution in [0.4, 0.5) is 4.79 Å². The maximum absolute atomic E-state index is 11.6. The fourth-order valence-electron chi connectivity index (χ4n) is 2.42. The molecule has 1 aliphatic rings. The zero-order valence-electron chi connectivity index (χ0n) is 12.4. The quantitative estimate of drug-likeness (QED) is 0.599. The number of rotatable bonds is 8. The molecule has 5 nitrogen and oxygen atoms in total. The minimum atomic E-state index is -0.852. The molecule has 0 saturated carbocycles. The van der Waals surface area contributed by atoms with E-state index in [0.717, 1.165) is 19.3 Å². The predicted octanol–water partition coefficient (Wildman–Crippen LogP) is 2.53. The monoisotopic (exact) mass is 282 g/mol. The average molecular weight is 282 g/mol. The molecule has 0 spiro atoms. The standard InChI is InChI=1S/C15H26N2O3/c1-11(2)9-13(14(18)19)10-17-15(20)16-8-7-12-5-3-4-6-12/h5,11,13H,3-4,6-10H2,1-2H3,(H,18,19)(H2,16,17,20). The van der Waals surface area contributed by atoms with Crippen molar-refractivity contribution in [3.8, 4) is 0 Å². The van der Waals surface area contributed by atoms with Crippen LogP contribution in [-0.2, 0) is 4.79 Å². The third-order valence-corrected chi connectivity index (χ3v) is 3.48. The fraction of sp³-hybridized carbons (Fsp3) is 0.733. The number of carbonyl (C=O) groups is 2. The van der Waals surface area contributed by atoms with Gasteiger partial charge >= 0.3 is 12.0 Å². The van der Waals surface area contributed by atoms with Gasteiger partial charge in [0.05, 0.1) is 5.92 Å². The lowest BCUT2D eigenvalue weighted by Gasteiger charge is -2.15. The van der Waals surface area contributed by atoms with E-state index >= 15 is 0 Å². The first-order valence-corrected chi connectivity index (χ1v) is 7.41. The maximum atomic E-state index is 11.6. The summed E-state index contributed by atoms with van der Waals surface area (Å²) >= 11 is 0. The maximum Gasteiger partial charge on any atom is 0.314 e. The Labute approximate surface area is 120 Å². The van der Waals surface area contributed by atoms with Gasteiger partial charge in [0.15, 0.2) is 0 Å². The first-order chi connectivity index (χ1) is 9.49. The predicted molar refractivity (Wildman–Crippen MR) is 78.5 cm³/mol. The van der Waals surface area contributed by atoms with E-state index < -0.39 is 11.9 Å². The van der Waals surface area contributed by atoms with Gasteiger partial charge in [-0.15, -0.1) is 0 Å². The van der Waals surface area contributed by atoms with Gasteiger partial charge in [0.1, 0.15) is 0 Å². The molecule has 1 rings (SSSR count). The average Bonchev–Trinajstić information content (AvgIpc) is 2.86. The van der Waals surface area contributed by atoms with Crippen LogP contribution < -0.4 is 10.6 Å². The molecule has 0 aliphatic heterocycles.